The number of non-ortho nitro benzene ring substituents is 1. The minimum absolute atomic E-state index is 0.00596. The van der Waals surface area contributed by atoms with Gasteiger partial charge >= 0.3 is 0 Å². The largest absolute Gasteiger partial charge is 0.420 e. The molecule has 2 aromatic heterocycles. The molecule has 0 amide bonds. The van der Waals surface area contributed by atoms with Crippen LogP contribution >= 0.6 is 0 Å². The molecule has 1 aliphatic rings. The van der Waals surface area contributed by atoms with Gasteiger partial charge in [0.15, 0.2) is 0 Å². The molecule has 0 spiro atoms. The zero-order valence-electron chi connectivity index (χ0n) is 13.8. The van der Waals surface area contributed by atoms with E-state index < -0.39 is 10.8 Å². The number of aromatic nitrogens is 3. The third kappa shape index (κ3) is 2.65. The highest BCUT2D eigenvalue weighted by Crippen LogP contribution is 2.45. The number of nitrogens with two attached hydrogens (primary N) is 1. The number of nitro benzene ring substituents is 1. The second-order valence-electron chi connectivity index (χ2n) is 5.83. The highest BCUT2D eigenvalue weighted by atomic mass is 16.6. The van der Waals surface area contributed by atoms with Crippen molar-refractivity contribution in [2.24, 2.45) is 5.73 Å². The van der Waals surface area contributed by atoms with Gasteiger partial charge in [-0.15, -0.1) is 5.10 Å². The monoisotopic (exact) mass is 360 g/mol. The first kappa shape index (κ1) is 16.3. The Bertz CT molecular complexity index is 1100. The third-order valence-corrected chi connectivity index (χ3v) is 4.35. The van der Waals surface area contributed by atoms with E-state index >= 15 is 0 Å². The fraction of sp³-hybridized carbons (Fsp3) is 0.0556. The van der Waals surface area contributed by atoms with Crippen LogP contribution in [0.4, 0.5) is 5.69 Å². The van der Waals surface area contributed by atoms with Gasteiger partial charge in [0.25, 0.3) is 5.69 Å². The molecule has 0 unspecified atom stereocenters. The Kier molecular flexibility index (Phi) is 3.78. The fourth-order valence-electron chi connectivity index (χ4n) is 3.10. The summed E-state index contributed by atoms with van der Waals surface area (Å²) in [6.45, 7) is 0. The van der Waals surface area contributed by atoms with Gasteiger partial charge in [-0.2, -0.15) is 5.26 Å². The number of pyridine rings is 1. The van der Waals surface area contributed by atoms with E-state index in [4.69, 9.17) is 10.5 Å². The number of nitrogens with one attached hydrogen (secondary N) is 1. The van der Waals surface area contributed by atoms with Crippen LogP contribution in [0, 0.1) is 21.4 Å². The van der Waals surface area contributed by atoms with Crippen molar-refractivity contribution in [2.75, 3.05) is 0 Å². The minimum Gasteiger partial charge on any atom is -0.420 e. The van der Waals surface area contributed by atoms with Gasteiger partial charge in [0, 0.05) is 30.1 Å². The summed E-state index contributed by atoms with van der Waals surface area (Å²) >= 11 is 0. The number of hydrogen-bond acceptors (Lipinski definition) is 7. The molecule has 132 valence electrons. The number of benzene rings is 1. The third-order valence-electron chi connectivity index (χ3n) is 4.35. The van der Waals surface area contributed by atoms with Crippen molar-refractivity contribution in [3.05, 3.63) is 81.5 Å². The first-order chi connectivity index (χ1) is 13.1. The van der Waals surface area contributed by atoms with Crippen molar-refractivity contribution in [3.63, 3.8) is 0 Å². The second kappa shape index (κ2) is 6.27. The number of allylic oxidation sites excluding steroid dienone is 1. The van der Waals surface area contributed by atoms with E-state index in [0.717, 1.165) is 5.56 Å². The summed E-state index contributed by atoms with van der Waals surface area (Å²) in [5, 5.41) is 27.6. The molecule has 0 fully saturated rings. The van der Waals surface area contributed by atoms with Gasteiger partial charge in [-0.3, -0.25) is 20.2 Å². The van der Waals surface area contributed by atoms with Crippen molar-refractivity contribution in [1.29, 1.82) is 5.26 Å². The molecule has 3 N–H and O–H groups in total. The summed E-state index contributed by atoms with van der Waals surface area (Å²) in [5.41, 5.74) is 8.89. The highest BCUT2D eigenvalue weighted by Gasteiger charge is 2.35. The summed E-state index contributed by atoms with van der Waals surface area (Å²) in [5.74, 6) is -0.235. The Labute approximate surface area is 152 Å². The number of fused-ring (bicyclic) bond motifs is 1. The van der Waals surface area contributed by atoms with Gasteiger partial charge in [0.1, 0.15) is 11.6 Å². The van der Waals surface area contributed by atoms with Crippen molar-refractivity contribution in [3.8, 4) is 23.2 Å². The number of H-pyrrole nitrogens is 1. The lowest BCUT2D eigenvalue weighted by Crippen LogP contribution is -2.21. The van der Waals surface area contributed by atoms with E-state index in [1.54, 1.807) is 36.7 Å². The molecule has 0 bridgehead atoms. The number of rotatable bonds is 3. The van der Waals surface area contributed by atoms with E-state index in [-0.39, 0.29) is 23.0 Å². The van der Waals surface area contributed by atoms with Crippen LogP contribution in [0.25, 0.3) is 11.3 Å². The molecule has 9 nitrogen and oxygen atoms in total. The normalized spacial score (nSPS) is 15.6. The molecule has 1 aliphatic heterocycles. The van der Waals surface area contributed by atoms with Crippen molar-refractivity contribution in [1.82, 2.24) is 15.2 Å². The second-order valence-corrected chi connectivity index (χ2v) is 5.83. The Hall–Kier alpha value is -4.19. The van der Waals surface area contributed by atoms with E-state index in [1.807, 2.05) is 0 Å². The van der Waals surface area contributed by atoms with E-state index in [2.05, 4.69) is 21.3 Å². The van der Waals surface area contributed by atoms with Crippen molar-refractivity contribution >= 4 is 5.69 Å². The molecule has 1 atom stereocenters. The average molecular weight is 360 g/mol. The smallest absolute Gasteiger partial charge is 0.269 e. The molecule has 0 saturated heterocycles. The van der Waals surface area contributed by atoms with Crippen LogP contribution in [-0.2, 0) is 0 Å². The number of ether oxygens (including phenoxy) is 1. The Balaban J connectivity index is 1.89. The number of nitrogens with zero attached hydrogens (tertiary/aromatic N) is 4. The van der Waals surface area contributed by atoms with Gasteiger partial charge < -0.3 is 10.5 Å². The predicted octanol–water partition coefficient (Wildman–Crippen LogP) is 2.60. The molecule has 0 saturated carbocycles. The van der Waals surface area contributed by atoms with Gasteiger partial charge in [-0.25, -0.2) is 0 Å². The maximum Gasteiger partial charge on any atom is 0.269 e. The topological polar surface area (TPSA) is 144 Å². The van der Waals surface area contributed by atoms with E-state index in [0.29, 0.717) is 16.8 Å². The van der Waals surface area contributed by atoms with Crippen LogP contribution in [0.2, 0.25) is 0 Å². The number of nitriles is 1. The highest BCUT2D eigenvalue weighted by molar-refractivity contribution is 5.71. The lowest BCUT2D eigenvalue weighted by atomic mass is 9.83. The SMILES string of the molecule is N#CC1=C(N)Oc2n[nH]c(-c3ccc([N+](=O)[O-])cc3)c2[C@@H]1c1ccncc1. The molecular weight excluding hydrogens is 348 g/mol. The van der Waals surface area contributed by atoms with Crippen LogP contribution < -0.4 is 10.5 Å². The Morgan fingerprint density at radius 2 is 1.93 bits per heavy atom. The number of nitro groups is 1. The summed E-state index contributed by atoms with van der Waals surface area (Å²) in [6, 6.07) is 11.7. The van der Waals surface area contributed by atoms with Crippen molar-refractivity contribution in [2.45, 2.75) is 5.92 Å². The summed E-state index contributed by atoms with van der Waals surface area (Å²) in [6.07, 6.45) is 3.25. The van der Waals surface area contributed by atoms with Crippen LogP contribution in [0.1, 0.15) is 17.0 Å². The van der Waals surface area contributed by atoms with E-state index in [9.17, 15) is 15.4 Å². The molecule has 0 radical (unpaired) electrons. The minimum atomic E-state index is -0.495. The van der Waals surface area contributed by atoms with Crippen LogP contribution in [0.15, 0.2) is 60.2 Å². The van der Waals surface area contributed by atoms with Gasteiger partial charge in [-0.1, -0.05) is 0 Å². The summed E-state index contributed by atoms with van der Waals surface area (Å²) < 4.78 is 5.52. The summed E-state index contributed by atoms with van der Waals surface area (Å²) in [7, 11) is 0. The molecule has 3 aromatic rings. The fourth-order valence-corrected chi connectivity index (χ4v) is 3.10. The van der Waals surface area contributed by atoms with Crippen molar-refractivity contribution < 1.29 is 9.66 Å². The molecular formula is C18H12N6O3. The summed E-state index contributed by atoms with van der Waals surface area (Å²) in [4.78, 5) is 14.4. The maximum absolute atomic E-state index is 10.9. The maximum atomic E-state index is 10.9. The number of aromatic amines is 1. The van der Waals surface area contributed by atoms with Gasteiger partial charge in [0.2, 0.25) is 11.8 Å². The first-order valence-electron chi connectivity index (χ1n) is 7.90. The number of hydrogen-bond donors (Lipinski definition) is 2. The molecule has 0 aliphatic carbocycles. The Morgan fingerprint density at radius 3 is 2.56 bits per heavy atom. The molecule has 3 heterocycles. The van der Waals surface area contributed by atoms with E-state index in [1.165, 1.54) is 12.1 Å². The van der Waals surface area contributed by atoms with Gasteiger partial charge in [-0.05, 0) is 29.8 Å². The molecule has 27 heavy (non-hydrogen) atoms. The standard InChI is InChI=1S/C18H12N6O3/c19-9-13-14(10-5-7-21-8-6-10)15-16(22-23-18(15)27-17(13)20)11-1-3-12(4-2-11)24(25)26/h1-8,14H,20H2,(H,22,23)/t14-/m1/s1. The van der Waals surface area contributed by atoms with Gasteiger partial charge in [0.05, 0.1) is 22.1 Å². The van der Waals surface area contributed by atoms with Crippen LogP contribution in [0.5, 0.6) is 5.88 Å². The molecule has 4 rings (SSSR count). The first-order valence-corrected chi connectivity index (χ1v) is 7.90. The van der Waals surface area contributed by atoms with Crippen LogP contribution in [0.3, 0.4) is 0 Å². The van der Waals surface area contributed by atoms with Crippen LogP contribution in [-0.4, -0.2) is 20.1 Å². The lowest BCUT2D eigenvalue weighted by Gasteiger charge is -2.23. The zero-order chi connectivity index (χ0) is 19.0. The predicted molar refractivity (Wildman–Crippen MR) is 94.2 cm³/mol. The zero-order valence-corrected chi connectivity index (χ0v) is 13.8. The average Bonchev–Trinajstić information content (AvgIpc) is 3.10. The molecule has 1 aromatic carbocycles. The Morgan fingerprint density at radius 1 is 1.22 bits per heavy atom. The quantitative estimate of drug-likeness (QED) is 0.539. The lowest BCUT2D eigenvalue weighted by molar-refractivity contribution is -0.384. The molecule has 9 heteroatoms.